The van der Waals surface area contributed by atoms with Crippen molar-refractivity contribution in [1.29, 1.82) is 0 Å². The molecule has 0 aliphatic carbocycles. The number of hydrogen-bond donors (Lipinski definition) is 1. The zero-order valence-corrected chi connectivity index (χ0v) is 16.2. The molecule has 130 valence electrons. The molecule has 0 aliphatic heterocycles. The third kappa shape index (κ3) is 3.21. The number of aromatic nitrogens is 3. The van der Waals surface area contributed by atoms with Gasteiger partial charge in [0.15, 0.2) is 8.73 Å². The molecular weight excluding hydrogens is 382 g/mol. The van der Waals surface area contributed by atoms with Crippen LogP contribution in [0.2, 0.25) is 0 Å². The average Bonchev–Trinajstić information content (AvgIpc) is 2.96. The molecule has 4 rings (SSSR count). The second-order valence-electron chi connectivity index (χ2n) is 5.92. The minimum Gasteiger partial charge on any atom is -0.317 e. The van der Waals surface area contributed by atoms with Crippen molar-refractivity contribution < 1.29 is 0 Å². The first-order valence-corrected chi connectivity index (χ1v) is 9.71. The van der Waals surface area contributed by atoms with Crippen LogP contribution in [0.3, 0.4) is 0 Å². The van der Waals surface area contributed by atoms with E-state index in [0.717, 1.165) is 11.1 Å². The van der Waals surface area contributed by atoms with Crippen LogP contribution in [0.4, 0.5) is 0 Å². The maximum atomic E-state index is 13.0. The predicted molar refractivity (Wildman–Crippen MR) is 111 cm³/mol. The van der Waals surface area contributed by atoms with Gasteiger partial charge < -0.3 is 9.55 Å². The number of benzene rings is 2. The molecule has 7 heteroatoms. The first kappa shape index (κ1) is 17.1. The van der Waals surface area contributed by atoms with Gasteiger partial charge in [0.1, 0.15) is 10.3 Å². The van der Waals surface area contributed by atoms with Crippen LogP contribution in [0.25, 0.3) is 10.3 Å². The van der Waals surface area contributed by atoms with E-state index in [1.807, 2.05) is 65.2 Å². The van der Waals surface area contributed by atoms with Crippen LogP contribution in [0, 0.1) is 8.73 Å². The van der Waals surface area contributed by atoms with Crippen molar-refractivity contribution in [1.82, 2.24) is 14.1 Å². The lowest BCUT2D eigenvalue weighted by Gasteiger charge is -2.08. The van der Waals surface area contributed by atoms with Gasteiger partial charge in [-0.05, 0) is 35.6 Å². The fraction of sp³-hybridized carbons (Fsp3) is 0.105. The molecule has 0 bridgehead atoms. The summed E-state index contributed by atoms with van der Waals surface area (Å²) < 4.78 is 5.19. The molecule has 4 aromatic rings. The Balaban J connectivity index is 1.84. The number of thiazole rings is 1. The maximum absolute atomic E-state index is 13.0. The van der Waals surface area contributed by atoms with E-state index in [1.165, 1.54) is 11.3 Å². The van der Waals surface area contributed by atoms with Crippen molar-refractivity contribution in [2.45, 2.75) is 13.1 Å². The van der Waals surface area contributed by atoms with E-state index in [1.54, 1.807) is 4.57 Å². The van der Waals surface area contributed by atoms with Gasteiger partial charge in [0.2, 0.25) is 0 Å². The van der Waals surface area contributed by atoms with E-state index in [-0.39, 0.29) is 5.56 Å². The van der Waals surface area contributed by atoms with Crippen LogP contribution < -0.4 is 5.56 Å². The zero-order valence-electron chi connectivity index (χ0n) is 13.7. The normalized spacial score (nSPS) is 11.1. The summed E-state index contributed by atoms with van der Waals surface area (Å²) in [6.07, 6.45) is 0. The van der Waals surface area contributed by atoms with Gasteiger partial charge in [-0.2, -0.15) is 0 Å². The van der Waals surface area contributed by atoms with Crippen molar-refractivity contribution in [3.05, 3.63) is 90.9 Å². The fourth-order valence-corrected chi connectivity index (χ4v) is 4.42. The predicted octanol–water partition coefficient (Wildman–Crippen LogP) is 4.75. The molecule has 0 spiro atoms. The van der Waals surface area contributed by atoms with E-state index < -0.39 is 0 Å². The summed E-state index contributed by atoms with van der Waals surface area (Å²) in [7, 11) is 0. The van der Waals surface area contributed by atoms with Crippen LogP contribution in [-0.4, -0.2) is 14.1 Å². The highest BCUT2D eigenvalue weighted by molar-refractivity contribution is 7.73. The maximum Gasteiger partial charge on any atom is 0.274 e. The SMILES string of the molecule is O=c1c2sc(=S)n(Cc3ccccc3)c2[nH]c(=S)n1Cc1ccccc1. The Hall–Kier alpha value is -2.35. The molecule has 2 aromatic carbocycles. The van der Waals surface area contributed by atoms with Crippen LogP contribution in [0.1, 0.15) is 11.1 Å². The van der Waals surface area contributed by atoms with Gasteiger partial charge >= 0.3 is 0 Å². The van der Waals surface area contributed by atoms with Gasteiger partial charge in [-0.25, -0.2) is 0 Å². The molecule has 0 fully saturated rings. The number of fused-ring (bicyclic) bond motifs is 1. The molecule has 0 saturated carbocycles. The summed E-state index contributed by atoms with van der Waals surface area (Å²) in [4.78, 5) is 16.2. The molecule has 2 heterocycles. The monoisotopic (exact) mass is 397 g/mol. The largest absolute Gasteiger partial charge is 0.317 e. The summed E-state index contributed by atoms with van der Waals surface area (Å²) in [5.74, 6) is 0. The number of rotatable bonds is 4. The van der Waals surface area contributed by atoms with Crippen LogP contribution in [-0.2, 0) is 13.1 Å². The highest BCUT2D eigenvalue weighted by atomic mass is 32.1. The first-order valence-electron chi connectivity index (χ1n) is 8.08. The number of H-pyrrole nitrogens is 1. The standard InChI is InChI=1S/C19H15N3OS3/c23-17-15-16(20-18(24)22(17)12-14-9-5-2-6-10-14)21(19(25)26-15)11-13-7-3-1-4-8-13/h1-10H,11-12H2,(H,20,24). The van der Waals surface area contributed by atoms with E-state index >= 15 is 0 Å². The van der Waals surface area contributed by atoms with Crippen molar-refractivity contribution in [2.75, 3.05) is 0 Å². The summed E-state index contributed by atoms with van der Waals surface area (Å²) in [6.45, 7) is 1.04. The summed E-state index contributed by atoms with van der Waals surface area (Å²) in [5, 5.41) is 0. The van der Waals surface area contributed by atoms with E-state index in [4.69, 9.17) is 24.4 Å². The highest BCUT2D eigenvalue weighted by Gasteiger charge is 2.13. The van der Waals surface area contributed by atoms with E-state index in [9.17, 15) is 4.79 Å². The Morgan fingerprint density at radius 3 is 1.96 bits per heavy atom. The third-order valence-corrected chi connectivity index (χ3v) is 5.93. The van der Waals surface area contributed by atoms with Gasteiger partial charge in [0.25, 0.3) is 5.56 Å². The minimum absolute atomic E-state index is 0.101. The number of nitrogens with zero attached hydrogens (tertiary/aromatic N) is 2. The molecular formula is C19H15N3OS3. The molecule has 4 nitrogen and oxygen atoms in total. The smallest absolute Gasteiger partial charge is 0.274 e. The second-order valence-corrected chi connectivity index (χ2v) is 7.96. The van der Waals surface area contributed by atoms with Crippen molar-refractivity contribution in [3.8, 4) is 0 Å². The Labute approximate surface area is 164 Å². The highest BCUT2D eigenvalue weighted by Crippen LogP contribution is 2.20. The molecule has 1 N–H and O–H groups in total. The Bertz CT molecular complexity index is 1230. The second kappa shape index (κ2) is 7.11. The van der Waals surface area contributed by atoms with Crippen LogP contribution >= 0.6 is 35.8 Å². The fourth-order valence-electron chi connectivity index (χ4n) is 2.88. The van der Waals surface area contributed by atoms with Gasteiger partial charge in [-0.3, -0.25) is 9.36 Å². The summed E-state index contributed by atoms with van der Waals surface area (Å²) in [5.41, 5.74) is 2.75. The van der Waals surface area contributed by atoms with Gasteiger partial charge in [0, 0.05) is 0 Å². The number of aromatic amines is 1. The molecule has 0 radical (unpaired) electrons. The number of nitrogens with one attached hydrogen (secondary N) is 1. The first-order chi connectivity index (χ1) is 12.6. The molecule has 0 unspecified atom stereocenters. The topological polar surface area (TPSA) is 42.7 Å². The van der Waals surface area contributed by atoms with E-state index in [0.29, 0.717) is 32.2 Å². The van der Waals surface area contributed by atoms with Crippen LogP contribution in [0.5, 0.6) is 0 Å². The van der Waals surface area contributed by atoms with Gasteiger partial charge in [0.05, 0.1) is 13.1 Å². The molecule has 26 heavy (non-hydrogen) atoms. The molecule has 2 aromatic heterocycles. The van der Waals surface area contributed by atoms with Gasteiger partial charge in [-0.15, -0.1) is 0 Å². The lowest BCUT2D eigenvalue weighted by atomic mass is 10.2. The quantitative estimate of drug-likeness (QED) is 0.506. The summed E-state index contributed by atoms with van der Waals surface area (Å²) >= 11 is 12.3. The molecule has 0 aliphatic rings. The molecule has 0 saturated heterocycles. The molecule has 0 atom stereocenters. The van der Waals surface area contributed by atoms with Gasteiger partial charge in [-0.1, -0.05) is 72.0 Å². The minimum atomic E-state index is -0.101. The Kier molecular flexibility index (Phi) is 4.67. The third-order valence-electron chi connectivity index (χ3n) is 4.17. The zero-order chi connectivity index (χ0) is 18.1. The lowest BCUT2D eigenvalue weighted by Crippen LogP contribution is -2.22. The lowest BCUT2D eigenvalue weighted by molar-refractivity contribution is 0.726. The summed E-state index contributed by atoms with van der Waals surface area (Å²) in [6, 6.07) is 19.8. The number of hydrogen-bond acceptors (Lipinski definition) is 4. The van der Waals surface area contributed by atoms with Crippen LogP contribution in [0.15, 0.2) is 65.5 Å². The average molecular weight is 398 g/mol. The van der Waals surface area contributed by atoms with Crippen molar-refractivity contribution in [3.63, 3.8) is 0 Å². The Morgan fingerprint density at radius 2 is 1.38 bits per heavy atom. The molecule has 0 amide bonds. The van der Waals surface area contributed by atoms with E-state index in [2.05, 4.69) is 4.98 Å². The van der Waals surface area contributed by atoms with Crippen molar-refractivity contribution in [2.24, 2.45) is 0 Å². The van der Waals surface area contributed by atoms with Crippen molar-refractivity contribution >= 4 is 46.1 Å². The Morgan fingerprint density at radius 1 is 0.846 bits per heavy atom.